The van der Waals surface area contributed by atoms with Gasteiger partial charge < -0.3 is 20.0 Å². The van der Waals surface area contributed by atoms with E-state index in [2.05, 4.69) is 4.98 Å². The summed E-state index contributed by atoms with van der Waals surface area (Å²) >= 11 is 0. The van der Waals surface area contributed by atoms with E-state index in [0.717, 1.165) is 21.6 Å². The van der Waals surface area contributed by atoms with Crippen LogP contribution in [-0.2, 0) is 24.3 Å². The van der Waals surface area contributed by atoms with Crippen molar-refractivity contribution in [3.63, 3.8) is 0 Å². The van der Waals surface area contributed by atoms with Crippen molar-refractivity contribution in [1.29, 1.82) is 0 Å². The number of carbonyl (C=O) groups is 2. The second kappa shape index (κ2) is 9.65. The van der Waals surface area contributed by atoms with Crippen molar-refractivity contribution in [2.45, 2.75) is 25.6 Å². The van der Waals surface area contributed by atoms with Gasteiger partial charge in [0.25, 0.3) is 11.5 Å². The number of aromatic nitrogens is 2. The molecule has 4 aromatic rings. The molecule has 3 heterocycles. The quantitative estimate of drug-likeness (QED) is 0.431. The van der Waals surface area contributed by atoms with Crippen LogP contribution in [0.5, 0.6) is 0 Å². The van der Waals surface area contributed by atoms with Crippen LogP contribution in [0.2, 0.25) is 0 Å². The number of likely N-dealkylation sites (N-methyl/N-ethyl adjacent to an activating group) is 1. The molecule has 0 aliphatic carbocycles. The Morgan fingerprint density at radius 1 is 1.03 bits per heavy atom. The topological polar surface area (TPSA) is 135 Å². The maximum atomic E-state index is 13.9. The van der Waals surface area contributed by atoms with Crippen LogP contribution in [0.1, 0.15) is 27.2 Å². The smallest absolute Gasteiger partial charge is 0.330 e. The molecule has 37 heavy (non-hydrogen) atoms. The summed E-state index contributed by atoms with van der Waals surface area (Å²) in [5, 5.41) is 0. The average Bonchev–Trinajstić information content (AvgIpc) is 3.45. The third kappa shape index (κ3) is 4.44. The fourth-order valence-corrected chi connectivity index (χ4v) is 4.66. The molecule has 0 spiro atoms. The molecule has 5 rings (SSSR count). The number of amides is 2. The second-order valence-corrected chi connectivity index (χ2v) is 8.86. The first-order valence-electron chi connectivity index (χ1n) is 11.7. The summed E-state index contributed by atoms with van der Waals surface area (Å²) in [5.74, 6) is -0.999. The zero-order valence-electron chi connectivity index (χ0n) is 20.1. The van der Waals surface area contributed by atoms with Gasteiger partial charge in [0, 0.05) is 20.0 Å². The highest BCUT2D eigenvalue weighted by Crippen LogP contribution is 2.28. The summed E-state index contributed by atoms with van der Waals surface area (Å²) in [5.41, 5.74) is 7.31. The summed E-state index contributed by atoms with van der Waals surface area (Å²) in [7, 11) is 1.41. The van der Waals surface area contributed by atoms with Crippen LogP contribution in [0, 0.1) is 0 Å². The third-order valence-electron chi connectivity index (χ3n) is 6.59. The van der Waals surface area contributed by atoms with Gasteiger partial charge in [-0.05, 0) is 28.8 Å². The van der Waals surface area contributed by atoms with E-state index < -0.39 is 29.1 Å². The molecule has 1 atom stereocenters. The lowest BCUT2D eigenvalue weighted by Gasteiger charge is -2.37. The van der Waals surface area contributed by atoms with Gasteiger partial charge in [0.15, 0.2) is 11.4 Å². The Hall–Kier alpha value is -4.86. The van der Waals surface area contributed by atoms with E-state index >= 15 is 0 Å². The number of furan rings is 1. The molecule has 3 N–H and O–H groups in total. The number of benzene rings is 2. The molecule has 0 saturated carbocycles. The average molecular weight is 500 g/mol. The summed E-state index contributed by atoms with van der Waals surface area (Å²) < 4.78 is 6.51. The highest BCUT2D eigenvalue weighted by Gasteiger charge is 2.38. The van der Waals surface area contributed by atoms with E-state index in [1.54, 1.807) is 6.07 Å². The number of H-pyrrole nitrogens is 1. The van der Waals surface area contributed by atoms with E-state index in [9.17, 15) is 19.2 Å². The molecular weight excluding hydrogens is 474 g/mol. The Kier molecular flexibility index (Phi) is 6.22. The maximum absolute atomic E-state index is 13.9. The Morgan fingerprint density at radius 2 is 1.73 bits per heavy atom. The van der Waals surface area contributed by atoms with Gasteiger partial charge in [0.05, 0.1) is 12.8 Å². The molecule has 2 aromatic heterocycles. The molecule has 0 radical (unpaired) electrons. The third-order valence-corrected chi connectivity index (χ3v) is 6.59. The maximum Gasteiger partial charge on any atom is 0.330 e. The lowest BCUT2D eigenvalue weighted by Crippen LogP contribution is -2.54. The van der Waals surface area contributed by atoms with E-state index in [0.29, 0.717) is 0 Å². The number of fused-ring (bicyclic) bond motifs is 1. The van der Waals surface area contributed by atoms with Crippen LogP contribution in [-0.4, -0.2) is 39.4 Å². The minimum atomic E-state index is -0.925. The molecule has 1 aliphatic heterocycles. The molecule has 188 valence electrons. The van der Waals surface area contributed by atoms with E-state index in [4.69, 9.17) is 10.2 Å². The van der Waals surface area contributed by atoms with Crippen molar-refractivity contribution >= 4 is 23.3 Å². The standard InChI is InChI=1S/C27H25N5O5/c1-30(22-23(28)32(27(36)29-24(22)33)15-17-8-3-2-4-9-17)25(34)20-14-18-10-5-6-11-19(18)16-31(20)26(35)21-12-7-13-37-21/h2-13,20H,14-16,28H2,1H3,(H,29,33,36). The van der Waals surface area contributed by atoms with Gasteiger partial charge in [-0.15, -0.1) is 0 Å². The second-order valence-electron chi connectivity index (χ2n) is 8.86. The van der Waals surface area contributed by atoms with Crippen LogP contribution in [0.4, 0.5) is 11.5 Å². The van der Waals surface area contributed by atoms with Crippen LogP contribution in [0.25, 0.3) is 0 Å². The monoisotopic (exact) mass is 499 g/mol. The molecular formula is C27H25N5O5. The molecule has 10 nitrogen and oxygen atoms in total. The number of nitrogens with zero attached hydrogens (tertiary/aromatic N) is 3. The fraction of sp³-hybridized carbons (Fsp3) is 0.185. The minimum absolute atomic E-state index is 0.105. The van der Waals surface area contributed by atoms with Gasteiger partial charge in [0.2, 0.25) is 5.91 Å². The van der Waals surface area contributed by atoms with Gasteiger partial charge in [0.1, 0.15) is 11.9 Å². The highest BCUT2D eigenvalue weighted by molar-refractivity contribution is 6.02. The first kappa shape index (κ1) is 23.9. The number of hydrogen-bond acceptors (Lipinski definition) is 6. The first-order valence-corrected chi connectivity index (χ1v) is 11.7. The van der Waals surface area contributed by atoms with Crippen LogP contribution in [0.15, 0.2) is 87.0 Å². The van der Waals surface area contributed by atoms with E-state index in [1.165, 1.54) is 28.8 Å². The summed E-state index contributed by atoms with van der Waals surface area (Å²) in [6.45, 7) is 0.302. The van der Waals surface area contributed by atoms with E-state index in [-0.39, 0.29) is 36.8 Å². The number of carbonyl (C=O) groups excluding carboxylic acids is 2. The summed E-state index contributed by atoms with van der Waals surface area (Å²) in [6.07, 6.45) is 1.64. The molecule has 1 aliphatic rings. The van der Waals surface area contributed by atoms with Crippen LogP contribution in [0.3, 0.4) is 0 Å². The van der Waals surface area contributed by atoms with Gasteiger partial charge in [-0.3, -0.25) is 23.9 Å². The number of aromatic amines is 1. The van der Waals surface area contributed by atoms with Crippen molar-refractivity contribution in [3.8, 4) is 0 Å². The zero-order chi connectivity index (χ0) is 26.1. The number of anilines is 2. The fourth-order valence-electron chi connectivity index (χ4n) is 4.66. The van der Waals surface area contributed by atoms with Gasteiger partial charge >= 0.3 is 5.69 Å². The number of nitrogens with one attached hydrogen (secondary N) is 1. The normalized spacial score (nSPS) is 14.7. The molecule has 1 unspecified atom stereocenters. The van der Waals surface area contributed by atoms with Crippen molar-refractivity contribution in [1.82, 2.24) is 14.5 Å². The summed E-state index contributed by atoms with van der Waals surface area (Å²) in [6, 6.07) is 18.9. The highest BCUT2D eigenvalue weighted by atomic mass is 16.3. The number of nitrogen functional groups attached to an aromatic ring is 1. The van der Waals surface area contributed by atoms with Crippen molar-refractivity contribution in [3.05, 3.63) is 116 Å². The van der Waals surface area contributed by atoms with E-state index in [1.807, 2.05) is 54.6 Å². The lowest BCUT2D eigenvalue weighted by atomic mass is 9.93. The van der Waals surface area contributed by atoms with Crippen molar-refractivity contribution < 1.29 is 14.0 Å². The zero-order valence-corrected chi connectivity index (χ0v) is 20.1. The number of rotatable bonds is 5. The van der Waals surface area contributed by atoms with Crippen molar-refractivity contribution in [2.75, 3.05) is 17.7 Å². The lowest BCUT2D eigenvalue weighted by molar-refractivity contribution is -0.123. The Labute approximate surface area is 211 Å². The largest absolute Gasteiger partial charge is 0.459 e. The van der Waals surface area contributed by atoms with Crippen LogP contribution >= 0.6 is 0 Å². The van der Waals surface area contributed by atoms with Gasteiger partial charge in [-0.25, -0.2) is 4.79 Å². The molecule has 0 fully saturated rings. The minimum Gasteiger partial charge on any atom is -0.459 e. The predicted molar refractivity (Wildman–Crippen MR) is 137 cm³/mol. The first-order chi connectivity index (χ1) is 17.8. The Balaban J connectivity index is 1.53. The summed E-state index contributed by atoms with van der Waals surface area (Å²) in [4.78, 5) is 57.4. The van der Waals surface area contributed by atoms with Crippen LogP contribution < -0.4 is 21.9 Å². The van der Waals surface area contributed by atoms with Gasteiger partial charge in [-0.1, -0.05) is 54.6 Å². The van der Waals surface area contributed by atoms with Gasteiger partial charge in [-0.2, -0.15) is 0 Å². The van der Waals surface area contributed by atoms with Crippen molar-refractivity contribution in [2.24, 2.45) is 0 Å². The SMILES string of the molecule is CN(C(=O)C1Cc2ccccc2CN1C(=O)c1ccco1)c1c(N)n(Cc2ccccc2)c(=O)[nH]c1=O. The Bertz CT molecular complexity index is 1570. The molecule has 0 bridgehead atoms. The Morgan fingerprint density at radius 3 is 2.43 bits per heavy atom. The molecule has 10 heteroatoms. The number of nitrogens with two attached hydrogens (primary N) is 1. The molecule has 2 amide bonds. The predicted octanol–water partition coefficient (Wildman–Crippen LogP) is 1.99. The number of hydrogen-bond donors (Lipinski definition) is 2. The molecule has 2 aromatic carbocycles. The molecule has 0 saturated heterocycles.